The Morgan fingerprint density at radius 2 is 1.60 bits per heavy atom. The van der Waals surface area contributed by atoms with E-state index >= 15 is 4.39 Å². The molecule has 45 heavy (non-hydrogen) atoms. The summed E-state index contributed by atoms with van der Waals surface area (Å²) in [5.41, 5.74) is 0.804. The van der Waals surface area contributed by atoms with E-state index in [2.05, 4.69) is 17.6 Å². The summed E-state index contributed by atoms with van der Waals surface area (Å²) < 4.78 is 22.5. The Hall–Kier alpha value is -2.57. The number of hydrogen-bond donors (Lipinski definition) is 2. The molecule has 4 amide bonds. The summed E-state index contributed by atoms with van der Waals surface area (Å²) in [6, 6.07) is 4.19. The van der Waals surface area contributed by atoms with Crippen LogP contribution in [0, 0.1) is 5.82 Å². The van der Waals surface area contributed by atoms with Gasteiger partial charge in [-0.05, 0) is 0 Å². The molecule has 0 aliphatic carbocycles. The van der Waals surface area contributed by atoms with E-state index in [1.54, 1.807) is 17.0 Å². The molecule has 10 nitrogen and oxygen atoms in total. The zero-order chi connectivity index (χ0) is 32.6. The average molecular weight is 737 g/mol. The van der Waals surface area contributed by atoms with E-state index in [0.717, 1.165) is 4.44 Å². The molecule has 12 heteroatoms. The van der Waals surface area contributed by atoms with Crippen molar-refractivity contribution < 1.29 is 28.3 Å². The summed E-state index contributed by atoms with van der Waals surface area (Å²) >= 11 is -0.776. The summed E-state index contributed by atoms with van der Waals surface area (Å²) in [6.45, 7) is 7.35. The number of unbranched alkanes of at least 4 members (excludes halogenated alkanes) is 9. The number of cyclic esters (lactones) is 1. The summed E-state index contributed by atoms with van der Waals surface area (Å²) in [5, 5.41) is 5.53. The van der Waals surface area contributed by atoms with Crippen LogP contribution < -0.4 is 20.4 Å². The Kier molecular flexibility index (Phi) is 16.3. The number of benzene rings is 1. The van der Waals surface area contributed by atoms with Gasteiger partial charge in [-0.3, -0.25) is 4.79 Å². The molecule has 2 fully saturated rings. The normalized spacial score (nSPS) is 17.3. The van der Waals surface area contributed by atoms with E-state index in [4.69, 9.17) is 4.74 Å². The third kappa shape index (κ3) is 12.6. The van der Waals surface area contributed by atoms with E-state index in [0.29, 0.717) is 37.6 Å². The number of carbonyl (C=O) groups excluding carboxylic acids is 4. The molecular weight excluding hydrogens is 684 g/mol. The second-order valence-electron chi connectivity index (χ2n) is 12.1. The third-order valence-electron chi connectivity index (χ3n) is 8.36. The van der Waals surface area contributed by atoms with Crippen LogP contribution in [0.15, 0.2) is 18.2 Å². The van der Waals surface area contributed by atoms with Crippen LogP contribution in [-0.4, -0.2) is 101 Å². The Labute approximate surface area is 278 Å². The minimum atomic E-state index is -0.776. The first-order valence-electron chi connectivity index (χ1n) is 16.7. The monoisotopic (exact) mass is 737 g/mol. The van der Waals surface area contributed by atoms with Crippen molar-refractivity contribution in [3.63, 3.8) is 0 Å². The Bertz CT molecular complexity index is 1120. The molecule has 2 saturated heterocycles. The SMILES string of the molecule is CCCCCCCCCCC[CH2][Sn][CH2][C@@H](NC(C)=O)C(=O)N1CCN(c2ccc(N3C[C@H](CNC(C)=O)OC3=O)cc2F)CC1. The van der Waals surface area contributed by atoms with Crippen molar-refractivity contribution in [2.24, 2.45) is 0 Å². The van der Waals surface area contributed by atoms with Crippen molar-refractivity contribution >= 4 is 56.3 Å². The van der Waals surface area contributed by atoms with Gasteiger partial charge in [0.1, 0.15) is 6.10 Å². The predicted molar refractivity (Wildman–Crippen MR) is 176 cm³/mol. The van der Waals surface area contributed by atoms with E-state index in [1.807, 2.05) is 4.90 Å². The summed E-state index contributed by atoms with van der Waals surface area (Å²) in [7, 11) is 0. The first-order chi connectivity index (χ1) is 21.7. The van der Waals surface area contributed by atoms with Gasteiger partial charge in [-0.2, -0.15) is 0 Å². The van der Waals surface area contributed by atoms with E-state index in [-0.39, 0.29) is 30.8 Å². The molecule has 0 bridgehead atoms. The van der Waals surface area contributed by atoms with Crippen molar-refractivity contribution in [1.82, 2.24) is 15.5 Å². The van der Waals surface area contributed by atoms with Crippen LogP contribution in [0.2, 0.25) is 8.87 Å². The molecular formula is C33H52FN5O5Sn. The molecule has 0 spiro atoms. The number of carbonyl (C=O) groups is 4. The van der Waals surface area contributed by atoms with Gasteiger partial charge in [0.15, 0.2) is 0 Å². The second kappa shape index (κ2) is 19.8. The van der Waals surface area contributed by atoms with Gasteiger partial charge in [-0.15, -0.1) is 0 Å². The summed E-state index contributed by atoms with van der Waals surface area (Å²) in [5.74, 6) is -0.892. The maximum absolute atomic E-state index is 15.2. The van der Waals surface area contributed by atoms with Crippen LogP contribution in [0.4, 0.5) is 20.6 Å². The van der Waals surface area contributed by atoms with Crippen LogP contribution in [-0.2, 0) is 19.1 Å². The number of halogens is 1. The molecule has 2 radical (unpaired) electrons. The molecule has 2 aliphatic rings. The standard InChI is InChI=1S/C21H27FN5O5.C12H25.Sn/c1-13(24-15(3)29)20(30)26-8-6-25(7-9-26)19-5-4-16(10-18(19)22)27-12-17(32-21(27)31)11-23-14(2)28;1-3-5-7-9-11-12-10-8-6-4-2;/h4-5,10,13,17H,1,6-9,11-12H2,2-3H3,(H,23,28)(H,24,29);1,3-12H2,2H3;/t13-,17+;;/m1../s1. The fraction of sp³-hybridized carbons (Fsp3) is 0.697. The van der Waals surface area contributed by atoms with Gasteiger partial charge in [0, 0.05) is 6.92 Å². The van der Waals surface area contributed by atoms with E-state index in [9.17, 15) is 19.2 Å². The van der Waals surface area contributed by atoms with Gasteiger partial charge in [-0.25, -0.2) is 4.79 Å². The van der Waals surface area contributed by atoms with Gasteiger partial charge >= 0.3 is 228 Å². The molecule has 2 N–H and O–H groups in total. The Morgan fingerprint density at radius 3 is 2.20 bits per heavy atom. The van der Waals surface area contributed by atoms with Crippen molar-refractivity contribution in [2.75, 3.05) is 49.1 Å². The van der Waals surface area contributed by atoms with Gasteiger partial charge in [-0.1, -0.05) is 0 Å². The fourth-order valence-electron chi connectivity index (χ4n) is 5.83. The molecule has 1 aromatic rings. The van der Waals surface area contributed by atoms with Gasteiger partial charge in [0.05, 0.1) is 13.1 Å². The van der Waals surface area contributed by atoms with Crippen molar-refractivity contribution in [3.8, 4) is 0 Å². The quantitative estimate of drug-likeness (QED) is 0.155. The minimum absolute atomic E-state index is 0.0361. The molecule has 2 atom stereocenters. The maximum atomic E-state index is 15.2. The molecule has 0 aromatic heterocycles. The zero-order valence-corrected chi connectivity index (χ0v) is 30.2. The topological polar surface area (TPSA) is 111 Å². The number of nitrogens with one attached hydrogen (secondary N) is 2. The number of piperazine rings is 1. The molecule has 2 aliphatic heterocycles. The van der Waals surface area contributed by atoms with Crippen LogP contribution in [0.1, 0.15) is 85.0 Å². The van der Waals surface area contributed by atoms with Crippen molar-refractivity contribution in [1.29, 1.82) is 0 Å². The average Bonchev–Trinajstić information content (AvgIpc) is 3.39. The summed E-state index contributed by atoms with van der Waals surface area (Å²) in [6.07, 6.45) is 12.1. The zero-order valence-electron chi connectivity index (χ0n) is 27.4. The molecule has 0 saturated carbocycles. The number of rotatable bonds is 19. The van der Waals surface area contributed by atoms with Crippen LogP contribution >= 0.6 is 0 Å². The predicted octanol–water partition coefficient (Wildman–Crippen LogP) is 4.90. The number of nitrogens with zero attached hydrogens (tertiary/aromatic N) is 3. The van der Waals surface area contributed by atoms with Gasteiger partial charge in [0.25, 0.3) is 0 Å². The fourth-order valence-corrected chi connectivity index (χ4v) is 9.46. The molecule has 1 aromatic carbocycles. The number of hydrogen-bond acceptors (Lipinski definition) is 6. The van der Waals surface area contributed by atoms with Gasteiger partial charge in [0.2, 0.25) is 5.91 Å². The molecule has 2 heterocycles. The van der Waals surface area contributed by atoms with Crippen LogP contribution in [0.3, 0.4) is 0 Å². The second-order valence-corrected chi connectivity index (χ2v) is 16.2. The Morgan fingerprint density at radius 1 is 0.956 bits per heavy atom. The third-order valence-corrected chi connectivity index (χ3v) is 12.4. The van der Waals surface area contributed by atoms with Crippen LogP contribution in [0.5, 0.6) is 0 Å². The summed E-state index contributed by atoms with van der Waals surface area (Å²) in [4.78, 5) is 53.8. The first-order valence-corrected chi connectivity index (χ1v) is 20.8. The molecule has 250 valence electrons. The first kappa shape index (κ1) is 36.9. The van der Waals surface area contributed by atoms with Crippen LogP contribution in [0.25, 0.3) is 0 Å². The van der Waals surface area contributed by atoms with Crippen molar-refractivity contribution in [3.05, 3.63) is 24.0 Å². The molecule has 3 rings (SSSR count). The number of ether oxygens (including phenoxy) is 1. The van der Waals surface area contributed by atoms with Gasteiger partial charge < -0.3 is 10.1 Å². The van der Waals surface area contributed by atoms with E-state index in [1.165, 1.54) is 93.5 Å². The van der Waals surface area contributed by atoms with E-state index < -0.39 is 45.2 Å². The molecule has 0 unspecified atom stereocenters. The number of anilines is 2. The Balaban J connectivity index is 1.41. The van der Waals surface area contributed by atoms with Crippen molar-refractivity contribution in [2.45, 2.75) is 106 Å². The number of amides is 4.